The molecule has 1 aliphatic heterocycles. The van der Waals surface area contributed by atoms with Crippen LogP contribution in [0.4, 0.5) is 14.5 Å². The second-order valence-electron chi connectivity index (χ2n) is 5.86. The Morgan fingerprint density at radius 1 is 1.29 bits per heavy atom. The molecular weight excluding hydrogens is 330 g/mol. The summed E-state index contributed by atoms with van der Waals surface area (Å²) < 4.78 is 26.5. The second kappa shape index (κ2) is 7.30. The zero-order valence-corrected chi connectivity index (χ0v) is 14.4. The number of halogens is 2. The summed E-state index contributed by atoms with van der Waals surface area (Å²) in [5, 5.41) is 2.07. The first kappa shape index (κ1) is 16.9. The largest absolute Gasteiger partial charge is 0.371 e. The van der Waals surface area contributed by atoms with Gasteiger partial charge in [0.05, 0.1) is 0 Å². The summed E-state index contributed by atoms with van der Waals surface area (Å²) in [6, 6.07) is 5.93. The highest BCUT2D eigenvalue weighted by atomic mass is 32.1. The monoisotopic (exact) mass is 350 g/mol. The first-order valence-corrected chi connectivity index (χ1v) is 8.99. The van der Waals surface area contributed by atoms with E-state index >= 15 is 0 Å². The molecule has 2 aromatic rings. The van der Waals surface area contributed by atoms with E-state index in [9.17, 15) is 13.6 Å². The lowest BCUT2D eigenvalue weighted by atomic mass is 10.1. The van der Waals surface area contributed by atoms with Crippen LogP contribution in [-0.4, -0.2) is 30.4 Å². The summed E-state index contributed by atoms with van der Waals surface area (Å²) >= 11 is 1.75. The molecule has 0 spiro atoms. The zero-order chi connectivity index (χ0) is 17.1. The topological polar surface area (TPSA) is 23.6 Å². The van der Waals surface area contributed by atoms with Crippen LogP contribution >= 0.6 is 11.3 Å². The smallest absolute Gasteiger partial charge is 0.224 e. The fourth-order valence-corrected chi connectivity index (χ4v) is 3.89. The molecule has 0 aliphatic carbocycles. The highest BCUT2D eigenvalue weighted by Crippen LogP contribution is 2.24. The normalized spacial score (nSPS) is 13.7. The van der Waals surface area contributed by atoms with Gasteiger partial charge in [-0.3, -0.25) is 4.79 Å². The van der Waals surface area contributed by atoms with Gasteiger partial charge in [0.1, 0.15) is 0 Å². The van der Waals surface area contributed by atoms with Crippen molar-refractivity contribution in [1.29, 1.82) is 0 Å². The van der Waals surface area contributed by atoms with E-state index in [1.165, 1.54) is 16.5 Å². The molecule has 0 bridgehead atoms. The Labute approximate surface area is 144 Å². The molecule has 0 N–H and O–H groups in total. The summed E-state index contributed by atoms with van der Waals surface area (Å²) in [7, 11) is 0. The van der Waals surface area contributed by atoms with Crippen molar-refractivity contribution in [3.05, 3.63) is 51.7 Å². The summed E-state index contributed by atoms with van der Waals surface area (Å²) in [6.45, 7) is 4.49. The number of hydrogen-bond donors (Lipinski definition) is 0. The molecule has 3 nitrogen and oxygen atoms in total. The molecule has 1 aliphatic rings. The van der Waals surface area contributed by atoms with Crippen molar-refractivity contribution in [2.75, 3.05) is 24.5 Å². The third-order valence-corrected chi connectivity index (χ3v) is 5.43. The number of carbonyl (C=O) groups is 1. The van der Waals surface area contributed by atoms with Crippen LogP contribution in [0.15, 0.2) is 29.6 Å². The Bertz CT molecular complexity index is 732. The van der Waals surface area contributed by atoms with E-state index in [4.69, 9.17) is 0 Å². The summed E-state index contributed by atoms with van der Waals surface area (Å²) in [6.07, 6.45) is 1.28. The average Bonchev–Trinajstić information content (AvgIpc) is 3.05. The van der Waals surface area contributed by atoms with E-state index in [0.29, 0.717) is 31.7 Å². The molecule has 0 unspecified atom stereocenters. The van der Waals surface area contributed by atoms with Gasteiger partial charge in [-0.05, 0) is 42.5 Å². The molecule has 0 saturated heterocycles. The summed E-state index contributed by atoms with van der Waals surface area (Å²) in [4.78, 5) is 17.6. The fraction of sp³-hybridized carbons (Fsp3) is 0.389. The Hall–Kier alpha value is -1.95. The number of amides is 1. The van der Waals surface area contributed by atoms with Crippen LogP contribution in [0.3, 0.4) is 0 Å². The Kier molecular flexibility index (Phi) is 5.14. The molecule has 3 rings (SSSR count). The number of rotatable bonds is 5. The van der Waals surface area contributed by atoms with Crippen LogP contribution in [0, 0.1) is 11.6 Å². The zero-order valence-electron chi connectivity index (χ0n) is 13.6. The maximum Gasteiger partial charge on any atom is 0.224 e. The lowest BCUT2D eigenvalue weighted by Crippen LogP contribution is -2.37. The van der Waals surface area contributed by atoms with E-state index < -0.39 is 11.6 Å². The van der Waals surface area contributed by atoms with Crippen LogP contribution in [0.25, 0.3) is 0 Å². The number of carbonyl (C=O) groups excluding carboxylic acids is 1. The van der Waals surface area contributed by atoms with Crippen molar-refractivity contribution < 1.29 is 13.6 Å². The molecule has 1 amide bonds. The minimum Gasteiger partial charge on any atom is -0.371 e. The van der Waals surface area contributed by atoms with Crippen LogP contribution in [0.2, 0.25) is 0 Å². The van der Waals surface area contributed by atoms with E-state index in [2.05, 4.69) is 11.4 Å². The van der Waals surface area contributed by atoms with Crippen molar-refractivity contribution in [1.82, 2.24) is 4.90 Å². The average molecular weight is 350 g/mol. The SMILES string of the molecule is CCN(CCC(=O)N1CCc2sccc2C1)c1ccc(F)c(F)c1. The second-order valence-corrected chi connectivity index (χ2v) is 6.86. The maximum atomic E-state index is 13.4. The van der Waals surface area contributed by atoms with Gasteiger partial charge in [-0.25, -0.2) is 8.78 Å². The third-order valence-electron chi connectivity index (χ3n) is 4.41. The lowest BCUT2D eigenvalue weighted by Gasteiger charge is -2.29. The maximum absolute atomic E-state index is 13.4. The molecule has 1 aromatic carbocycles. The number of benzene rings is 1. The number of anilines is 1. The molecule has 24 heavy (non-hydrogen) atoms. The molecule has 0 radical (unpaired) electrons. The molecule has 2 heterocycles. The molecule has 0 fully saturated rings. The quantitative estimate of drug-likeness (QED) is 0.818. The van der Waals surface area contributed by atoms with Gasteiger partial charge < -0.3 is 9.80 Å². The fourth-order valence-electron chi connectivity index (χ4n) is 3.00. The Morgan fingerprint density at radius 3 is 2.88 bits per heavy atom. The van der Waals surface area contributed by atoms with Crippen LogP contribution in [-0.2, 0) is 17.8 Å². The number of fused-ring (bicyclic) bond motifs is 1. The number of nitrogens with zero attached hydrogens (tertiary/aromatic N) is 2. The van der Waals surface area contributed by atoms with Gasteiger partial charge in [0.15, 0.2) is 11.6 Å². The predicted octanol–water partition coefficient (Wildman–Crippen LogP) is 3.83. The van der Waals surface area contributed by atoms with Crippen LogP contribution in [0.5, 0.6) is 0 Å². The first-order chi connectivity index (χ1) is 11.6. The van der Waals surface area contributed by atoms with Crippen LogP contribution < -0.4 is 4.90 Å². The molecule has 0 saturated carbocycles. The van der Waals surface area contributed by atoms with Gasteiger partial charge in [0.25, 0.3) is 0 Å². The molecule has 1 aromatic heterocycles. The minimum atomic E-state index is -0.863. The first-order valence-electron chi connectivity index (χ1n) is 8.11. The van der Waals surface area contributed by atoms with Gasteiger partial charge >= 0.3 is 0 Å². The molecular formula is C18H20F2N2OS. The third kappa shape index (κ3) is 3.59. The van der Waals surface area contributed by atoms with Crippen molar-refractivity contribution in [2.45, 2.75) is 26.3 Å². The van der Waals surface area contributed by atoms with Crippen molar-refractivity contribution in [2.24, 2.45) is 0 Å². The van der Waals surface area contributed by atoms with Crippen molar-refractivity contribution in [3.63, 3.8) is 0 Å². The van der Waals surface area contributed by atoms with E-state index in [0.717, 1.165) is 19.0 Å². The standard InChI is InChI=1S/C18H20F2N2OS/c1-2-21(14-3-4-15(19)16(20)11-14)9-6-18(23)22-8-5-17-13(12-22)7-10-24-17/h3-4,7,10-11H,2,5-6,8-9,12H2,1H3. The van der Waals surface area contributed by atoms with Gasteiger partial charge in [-0.15, -0.1) is 11.3 Å². The van der Waals surface area contributed by atoms with Crippen molar-refractivity contribution >= 4 is 22.9 Å². The highest BCUT2D eigenvalue weighted by Gasteiger charge is 2.21. The Morgan fingerprint density at radius 2 is 2.12 bits per heavy atom. The molecule has 128 valence electrons. The molecule has 6 heteroatoms. The predicted molar refractivity (Wildman–Crippen MR) is 92.3 cm³/mol. The van der Waals surface area contributed by atoms with Gasteiger partial charge in [-0.1, -0.05) is 0 Å². The highest BCUT2D eigenvalue weighted by molar-refractivity contribution is 7.10. The van der Waals surface area contributed by atoms with E-state index in [1.54, 1.807) is 17.4 Å². The number of hydrogen-bond acceptors (Lipinski definition) is 3. The van der Waals surface area contributed by atoms with E-state index in [-0.39, 0.29) is 5.91 Å². The van der Waals surface area contributed by atoms with Gasteiger partial charge in [-0.2, -0.15) is 0 Å². The summed E-state index contributed by atoms with van der Waals surface area (Å²) in [5.41, 5.74) is 1.84. The number of thiophene rings is 1. The molecule has 0 atom stereocenters. The van der Waals surface area contributed by atoms with Crippen molar-refractivity contribution in [3.8, 4) is 0 Å². The van der Waals surface area contributed by atoms with Gasteiger partial charge in [0.2, 0.25) is 5.91 Å². The summed E-state index contributed by atoms with van der Waals surface area (Å²) in [5.74, 6) is -1.61. The Balaban J connectivity index is 1.59. The van der Waals surface area contributed by atoms with E-state index in [1.807, 2.05) is 16.7 Å². The van der Waals surface area contributed by atoms with Crippen LogP contribution in [0.1, 0.15) is 23.8 Å². The van der Waals surface area contributed by atoms with Gasteiger partial charge in [0, 0.05) is 49.2 Å². The minimum absolute atomic E-state index is 0.105. The lowest BCUT2D eigenvalue weighted by molar-refractivity contribution is -0.131.